The Morgan fingerprint density at radius 1 is 1.38 bits per heavy atom. The van der Waals surface area contributed by atoms with Crippen LogP contribution in [0.4, 0.5) is 0 Å². The second-order valence-corrected chi connectivity index (χ2v) is 6.80. The molecule has 0 heterocycles. The van der Waals surface area contributed by atoms with Crippen LogP contribution in [-0.2, 0) is 9.53 Å². The molecule has 1 aromatic rings. The van der Waals surface area contributed by atoms with Gasteiger partial charge in [-0.2, -0.15) is 0 Å². The molecule has 1 amide bonds. The number of thioether (sulfide) groups is 1. The van der Waals surface area contributed by atoms with Crippen molar-refractivity contribution in [2.75, 3.05) is 25.5 Å². The molecule has 0 unspecified atom stereocenters. The van der Waals surface area contributed by atoms with Crippen LogP contribution in [0.5, 0.6) is 0 Å². The minimum Gasteiger partial charge on any atom is -0.381 e. The number of amides is 1. The van der Waals surface area contributed by atoms with Crippen LogP contribution < -0.4 is 5.32 Å². The average Bonchev–Trinajstić information content (AvgIpc) is 3.28. The Kier molecular flexibility index (Phi) is 6.58. The summed E-state index contributed by atoms with van der Waals surface area (Å²) >= 11 is 1.61. The smallest absolute Gasteiger partial charge is 0.230 e. The fourth-order valence-corrected chi connectivity index (χ4v) is 2.95. The van der Waals surface area contributed by atoms with Gasteiger partial charge in [-0.1, -0.05) is 17.7 Å². The molecule has 1 saturated carbocycles. The quantitative estimate of drug-likeness (QED) is 0.562. The Balaban J connectivity index is 1.55. The van der Waals surface area contributed by atoms with Gasteiger partial charge in [0.1, 0.15) is 0 Å². The van der Waals surface area contributed by atoms with Gasteiger partial charge in [-0.25, -0.2) is 0 Å². The molecule has 1 fully saturated rings. The average molecular weight is 307 g/mol. The number of aryl methyl sites for hydroxylation is 2. The van der Waals surface area contributed by atoms with Gasteiger partial charge in [-0.3, -0.25) is 4.79 Å². The maximum atomic E-state index is 11.8. The van der Waals surface area contributed by atoms with Gasteiger partial charge in [0, 0.05) is 24.7 Å². The van der Waals surface area contributed by atoms with E-state index in [2.05, 4.69) is 37.4 Å². The van der Waals surface area contributed by atoms with Crippen molar-refractivity contribution in [3.63, 3.8) is 0 Å². The highest BCUT2D eigenvalue weighted by atomic mass is 32.2. The number of rotatable bonds is 9. The normalized spacial score (nSPS) is 14.2. The Bertz CT molecular complexity index is 472. The van der Waals surface area contributed by atoms with E-state index in [1.165, 1.54) is 28.9 Å². The van der Waals surface area contributed by atoms with E-state index in [4.69, 9.17) is 4.74 Å². The topological polar surface area (TPSA) is 38.3 Å². The molecule has 1 aliphatic rings. The lowest BCUT2D eigenvalue weighted by Gasteiger charge is -2.08. The molecule has 0 spiro atoms. The van der Waals surface area contributed by atoms with Crippen molar-refractivity contribution in [2.45, 2.75) is 38.0 Å². The number of hydrogen-bond donors (Lipinski definition) is 1. The van der Waals surface area contributed by atoms with Gasteiger partial charge in [0.25, 0.3) is 0 Å². The third-order valence-electron chi connectivity index (χ3n) is 3.54. The van der Waals surface area contributed by atoms with E-state index in [9.17, 15) is 4.79 Å². The first-order valence-corrected chi connectivity index (χ1v) is 8.68. The summed E-state index contributed by atoms with van der Waals surface area (Å²) < 4.78 is 5.54. The predicted molar refractivity (Wildman–Crippen MR) is 87.8 cm³/mol. The molecule has 0 saturated heterocycles. The minimum atomic E-state index is 0.100. The van der Waals surface area contributed by atoms with Crippen molar-refractivity contribution in [1.82, 2.24) is 5.32 Å². The Morgan fingerprint density at radius 2 is 2.19 bits per heavy atom. The molecule has 116 valence electrons. The summed E-state index contributed by atoms with van der Waals surface area (Å²) in [7, 11) is 0. The van der Waals surface area contributed by atoms with Gasteiger partial charge >= 0.3 is 0 Å². The zero-order chi connectivity index (χ0) is 15.1. The van der Waals surface area contributed by atoms with E-state index in [0.717, 1.165) is 25.6 Å². The second-order valence-electron chi connectivity index (χ2n) is 5.78. The van der Waals surface area contributed by atoms with E-state index in [1.54, 1.807) is 11.8 Å². The lowest BCUT2D eigenvalue weighted by molar-refractivity contribution is -0.118. The summed E-state index contributed by atoms with van der Waals surface area (Å²) in [6, 6.07) is 6.34. The highest BCUT2D eigenvalue weighted by Crippen LogP contribution is 2.28. The van der Waals surface area contributed by atoms with Crippen molar-refractivity contribution < 1.29 is 9.53 Å². The van der Waals surface area contributed by atoms with Crippen LogP contribution >= 0.6 is 11.8 Å². The highest BCUT2D eigenvalue weighted by Gasteiger charge is 2.20. The molecule has 0 radical (unpaired) electrons. The third-order valence-corrected chi connectivity index (χ3v) is 4.70. The van der Waals surface area contributed by atoms with Gasteiger partial charge in [0.2, 0.25) is 5.91 Å². The largest absolute Gasteiger partial charge is 0.381 e. The molecule has 1 N–H and O–H groups in total. The molecule has 2 rings (SSSR count). The molecule has 4 heteroatoms. The van der Waals surface area contributed by atoms with E-state index in [-0.39, 0.29) is 5.91 Å². The second kappa shape index (κ2) is 8.44. The molecule has 1 aliphatic carbocycles. The van der Waals surface area contributed by atoms with Crippen molar-refractivity contribution in [3.05, 3.63) is 29.3 Å². The minimum absolute atomic E-state index is 0.100. The van der Waals surface area contributed by atoms with Crippen LogP contribution in [0.1, 0.15) is 30.4 Å². The Labute approximate surface area is 131 Å². The number of carbonyl (C=O) groups is 1. The fraction of sp³-hybridized carbons (Fsp3) is 0.588. The standard InChI is InChI=1S/C17H25NO2S/c1-13-4-5-14(2)16(10-13)21-12-17(19)18-8-3-9-20-11-15-6-7-15/h4-5,10,15H,3,6-9,11-12H2,1-2H3,(H,18,19). The third kappa shape index (κ3) is 6.53. The van der Waals surface area contributed by atoms with E-state index in [0.29, 0.717) is 12.3 Å². The summed E-state index contributed by atoms with van der Waals surface area (Å²) in [6.07, 6.45) is 3.55. The van der Waals surface area contributed by atoms with Crippen molar-refractivity contribution in [3.8, 4) is 0 Å². The number of carbonyl (C=O) groups excluding carboxylic acids is 1. The molecule has 0 atom stereocenters. The number of nitrogens with one attached hydrogen (secondary N) is 1. The Hall–Kier alpha value is -1.00. The van der Waals surface area contributed by atoms with Crippen LogP contribution in [0.3, 0.4) is 0 Å². The summed E-state index contributed by atoms with van der Waals surface area (Å²) in [5, 5.41) is 2.95. The molecule has 0 aromatic heterocycles. The summed E-state index contributed by atoms with van der Waals surface area (Å²) in [4.78, 5) is 13.0. The van der Waals surface area contributed by atoms with Crippen LogP contribution in [0, 0.1) is 19.8 Å². The fourth-order valence-electron chi connectivity index (χ4n) is 1.99. The van der Waals surface area contributed by atoms with Crippen molar-refractivity contribution >= 4 is 17.7 Å². The molecule has 0 bridgehead atoms. The van der Waals surface area contributed by atoms with Gasteiger partial charge < -0.3 is 10.1 Å². The maximum absolute atomic E-state index is 11.8. The SMILES string of the molecule is Cc1ccc(C)c(SCC(=O)NCCCOCC2CC2)c1. The van der Waals surface area contributed by atoms with Gasteiger partial charge in [0.15, 0.2) is 0 Å². The van der Waals surface area contributed by atoms with Crippen LogP contribution in [0.25, 0.3) is 0 Å². The molecular formula is C17H25NO2S. The predicted octanol–water partition coefficient (Wildman–Crippen LogP) is 3.33. The molecule has 0 aliphatic heterocycles. The monoisotopic (exact) mass is 307 g/mol. The van der Waals surface area contributed by atoms with Crippen LogP contribution in [0.2, 0.25) is 0 Å². The number of hydrogen-bond acceptors (Lipinski definition) is 3. The lowest BCUT2D eigenvalue weighted by Crippen LogP contribution is -2.27. The van der Waals surface area contributed by atoms with E-state index in [1.807, 2.05) is 0 Å². The van der Waals surface area contributed by atoms with Crippen molar-refractivity contribution in [1.29, 1.82) is 0 Å². The summed E-state index contributed by atoms with van der Waals surface area (Å²) in [5.41, 5.74) is 2.46. The lowest BCUT2D eigenvalue weighted by atomic mass is 10.2. The first kappa shape index (κ1) is 16.4. The Morgan fingerprint density at radius 3 is 2.95 bits per heavy atom. The number of benzene rings is 1. The summed E-state index contributed by atoms with van der Waals surface area (Å²) in [6.45, 7) is 6.51. The van der Waals surface area contributed by atoms with Crippen LogP contribution in [-0.4, -0.2) is 31.4 Å². The highest BCUT2D eigenvalue weighted by molar-refractivity contribution is 8.00. The zero-order valence-electron chi connectivity index (χ0n) is 13.0. The zero-order valence-corrected chi connectivity index (χ0v) is 13.8. The van der Waals surface area contributed by atoms with Gasteiger partial charge in [-0.05, 0) is 50.7 Å². The van der Waals surface area contributed by atoms with Gasteiger partial charge in [-0.15, -0.1) is 11.8 Å². The van der Waals surface area contributed by atoms with Crippen LogP contribution in [0.15, 0.2) is 23.1 Å². The van der Waals surface area contributed by atoms with Crippen molar-refractivity contribution in [2.24, 2.45) is 5.92 Å². The van der Waals surface area contributed by atoms with Gasteiger partial charge in [0.05, 0.1) is 5.75 Å². The van der Waals surface area contributed by atoms with E-state index < -0.39 is 0 Å². The molecule has 21 heavy (non-hydrogen) atoms. The first-order chi connectivity index (χ1) is 10.1. The molecule has 1 aromatic carbocycles. The summed E-state index contributed by atoms with van der Waals surface area (Å²) in [5.74, 6) is 1.39. The molecular weight excluding hydrogens is 282 g/mol. The number of ether oxygens (including phenoxy) is 1. The maximum Gasteiger partial charge on any atom is 0.230 e. The van der Waals surface area contributed by atoms with E-state index >= 15 is 0 Å². The molecule has 3 nitrogen and oxygen atoms in total. The first-order valence-electron chi connectivity index (χ1n) is 7.69.